The number of hydrogen-bond donors (Lipinski definition) is 3. The predicted molar refractivity (Wildman–Crippen MR) is 113 cm³/mol. The molecule has 1 amide bonds. The summed E-state index contributed by atoms with van der Waals surface area (Å²) in [7, 11) is 0. The van der Waals surface area contributed by atoms with Crippen LogP contribution in [-0.4, -0.2) is 22.4 Å². The highest BCUT2D eigenvalue weighted by molar-refractivity contribution is 9.10. The lowest BCUT2D eigenvalue weighted by atomic mass is 10.1. The molecule has 0 radical (unpaired) electrons. The van der Waals surface area contributed by atoms with Crippen LogP contribution in [0.15, 0.2) is 59.3 Å². The third-order valence-corrected chi connectivity index (χ3v) is 6.45. The molecule has 28 heavy (non-hydrogen) atoms. The van der Waals surface area contributed by atoms with Crippen LogP contribution in [0.2, 0.25) is 0 Å². The Kier molecular flexibility index (Phi) is 5.25. The van der Waals surface area contributed by atoms with Crippen LogP contribution in [0.1, 0.15) is 21.3 Å². The van der Waals surface area contributed by atoms with Crippen LogP contribution in [0.3, 0.4) is 0 Å². The smallest absolute Gasteiger partial charge is 0.261 e. The first-order valence-corrected chi connectivity index (χ1v) is 10.2. The van der Waals surface area contributed by atoms with E-state index in [-0.39, 0.29) is 18.3 Å². The Bertz CT molecular complexity index is 1160. The molecule has 0 fully saturated rings. The average Bonchev–Trinajstić information content (AvgIpc) is 3.29. The molecule has 4 rings (SSSR count). The number of aromatic nitrogens is 2. The number of fused-ring (bicyclic) bond motifs is 1. The average molecular weight is 459 g/mol. The number of benzene rings is 1. The van der Waals surface area contributed by atoms with Crippen LogP contribution in [0, 0.1) is 5.82 Å². The number of carbonyl (C=O) groups is 1. The van der Waals surface area contributed by atoms with Crippen molar-refractivity contribution in [2.24, 2.45) is 5.73 Å². The van der Waals surface area contributed by atoms with Crippen LogP contribution in [-0.2, 0) is 0 Å². The summed E-state index contributed by atoms with van der Waals surface area (Å²) in [4.78, 5) is 21.7. The summed E-state index contributed by atoms with van der Waals surface area (Å²) in [5.74, 6) is -0.617. The first-order valence-electron chi connectivity index (χ1n) is 8.55. The molecule has 4 N–H and O–H groups in total. The molecule has 0 saturated heterocycles. The number of thiophene rings is 1. The van der Waals surface area contributed by atoms with Crippen molar-refractivity contribution < 1.29 is 9.18 Å². The summed E-state index contributed by atoms with van der Waals surface area (Å²) in [5.41, 5.74) is 8.20. The van der Waals surface area contributed by atoms with Crippen LogP contribution >= 0.6 is 27.3 Å². The number of pyridine rings is 1. The van der Waals surface area contributed by atoms with Crippen molar-refractivity contribution >= 4 is 44.2 Å². The second-order valence-corrected chi connectivity index (χ2v) is 8.11. The van der Waals surface area contributed by atoms with Crippen LogP contribution in [0.5, 0.6) is 0 Å². The van der Waals surface area contributed by atoms with Crippen molar-refractivity contribution in [3.8, 4) is 10.4 Å². The van der Waals surface area contributed by atoms with Crippen LogP contribution in [0.4, 0.5) is 4.39 Å². The largest absolute Gasteiger partial charge is 0.345 e. The van der Waals surface area contributed by atoms with E-state index in [1.54, 1.807) is 24.4 Å². The quantitative estimate of drug-likeness (QED) is 0.407. The molecule has 4 aromatic rings. The molecule has 142 valence electrons. The Labute approximate surface area is 172 Å². The highest BCUT2D eigenvalue weighted by Gasteiger charge is 2.20. The maximum Gasteiger partial charge on any atom is 0.261 e. The minimum Gasteiger partial charge on any atom is -0.345 e. The molecule has 0 aliphatic carbocycles. The van der Waals surface area contributed by atoms with E-state index in [0.29, 0.717) is 10.4 Å². The number of nitrogens with two attached hydrogens (primary N) is 1. The van der Waals surface area contributed by atoms with Crippen molar-refractivity contribution in [3.05, 3.63) is 75.6 Å². The lowest BCUT2D eigenvalue weighted by molar-refractivity contribution is 0.0942. The number of nitrogens with zero attached hydrogens (tertiary/aromatic N) is 1. The Morgan fingerprint density at radius 1 is 1.32 bits per heavy atom. The lowest BCUT2D eigenvalue weighted by Crippen LogP contribution is -2.33. The van der Waals surface area contributed by atoms with Crippen molar-refractivity contribution in [2.75, 3.05) is 6.54 Å². The van der Waals surface area contributed by atoms with Gasteiger partial charge in [0.05, 0.1) is 15.8 Å². The van der Waals surface area contributed by atoms with E-state index in [1.807, 2.05) is 18.3 Å². The Morgan fingerprint density at radius 3 is 2.96 bits per heavy atom. The van der Waals surface area contributed by atoms with E-state index in [0.717, 1.165) is 25.9 Å². The predicted octanol–water partition coefficient (Wildman–Crippen LogP) is 4.62. The minimum atomic E-state index is -0.468. The molecule has 0 bridgehead atoms. The van der Waals surface area contributed by atoms with Gasteiger partial charge in [-0.05, 0) is 51.8 Å². The summed E-state index contributed by atoms with van der Waals surface area (Å²) < 4.78 is 14.3. The molecule has 1 unspecified atom stereocenters. The van der Waals surface area contributed by atoms with Gasteiger partial charge in [0.15, 0.2) is 0 Å². The van der Waals surface area contributed by atoms with Gasteiger partial charge in [0, 0.05) is 34.4 Å². The summed E-state index contributed by atoms with van der Waals surface area (Å²) in [6.45, 7) is 0.169. The number of amides is 1. The molecule has 5 nitrogen and oxygen atoms in total. The number of aromatic amines is 1. The highest BCUT2D eigenvalue weighted by Crippen LogP contribution is 2.39. The Hall–Kier alpha value is -2.55. The molecular formula is C20H16BrFN4OS. The monoisotopic (exact) mass is 458 g/mol. The maximum absolute atomic E-state index is 13.5. The Morgan fingerprint density at radius 2 is 2.18 bits per heavy atom. The van der Waals surface area contributed by atoms with Gasteiger partial charge in [-0.1, -0.05) is 12.1 Å². The van der Waals surface area contributed by atoms with E-state index in [1.165, 1.54) is 23.5 Å². The van der Waals surface area contributed by atoms with Gasteiger partial charge in [-0.15, -0.1) is 11.3 Å². The normalized spacial score (nSPS) is 12.2. The number of hydrogen-bond acceptors (Lipinski definition) is 4. The molecule has 3 aromatic heterocycles. The van der Waals surface area contributed by atoms with Crippen LogP contribution < -0.4 is 11.1 Å². The van der Waals surface area contributed by atoms with E-state index in [4.69, 9.17) is 5.73 Å². The maximum atomic E-state index is 13.5. The zero-order chi connectivity index (χ0) is 19.7. The van der Waals surface area contributed by atoms with Crippen LogP contribution in [0.25, 0.3) is 21.5 Å². The van der Waals surface area contributed by atoms with Crippen molar-refractivity contribution in [3.63, 3.8) is 0 Å². The second-order valence-electron chi connectivity index (χ2n) is 6.21. The zero-order valence-corrected chi connectivity index (χ0v) is 17.0. The SMILES string of the molecule is NCC(NC(=O)c1cc(Br)c(-c2c[nH]c3ncccc23)s1)c1cccc(F)c1. The number of nitrogens with one attached hydrogen (secondary N) is 2. The number of carbonyl (C=O) groups excluding carboxylic acids is 1. The van der Waals surface area contributed by atoms with E-state index >= 15 is 0 Å². The molecule has 8 heteroatoms. The summed E-state index contributed by atoms with van der Waals surface area (Å²) in [6.07, 6.45) is 3.61. The topological polar surface area (TPSA) is 83.8 Å². The van der Waals surface area contributed by atoms with Gasteiger partial charge in [-0.25, -0.2) is 9.37 Å². The number of H-pyrrole nitrogens is 1. The first kappa shape index (κ1) is 18.8. The third-order valence-electron chi connectivity index (χ3n) is 4.40. The Balaban J connectivity index is 1.61. The van der Waals surface area contributed by atoms with Gasteiger partial charge >= 0.3 is 0 Å². The fraction of sp³-hybridized carbons (Fsp3) is 0.100. The van der Waals surface area contributed by atoms with Gasteiger partial charge < -0.3 is 16.0 Å². The van der Waals surface area contributed by atoms with E-state index in [2.05, 4.69) is 31.2 Å². The van der Waals surface area contributed by atoms with E-state index in [9.17, 15) is 9.18 Å². The van der Waals surface area contributed by atoms with Crippen molar-refractivity contribution in [2.45, 2.75) is 6.04 Å². The van der Waals surface area contributed by atoms with Gasteiger partial charge in [0.1, 0.15) is 11.5 Å². The number of rotatable bonds is 5. The highest BCUT2D eigenvalue weighted by atomic mass is 79.9. The third kappa shape index (κ3) is 3.58. The van der Waals surface area contributed by atoms with Gasteiger partial charge in [-0.2, -0.15) is 0 Å². The summed E-state index contributed by atoms with van der Waals surface area (Å²) >= 11 is 4.92. The molecular weight excluding hydrogens is 443 g/mol. The van der Waals surface area contributed by atoms with Crippen molar-refractivity contribution in [1.29, 1.82) is 0 Å². The molecule has 1 atom stereocenters. The molecule has 0 spiro atoms. The minimum absolute atomic E-state index is 0.169. The standard InChI is InChI=1S/C20H16BrFN4OS/c21-15-8-17(20(27)26-16(9-23)11-3-1-4-12(22)7-11)28-18(15)14-10-25-19-13(14)5-2-6-24-19/h1-8,10,16H,9,23H2,(H,24,25)(H,26,27). The summed E-state index contributed by atoms with van der Waals surface area (Å²) in [6, 6.07) is 11.3. The van der Waals surface area contributed by atoms with Crippen molar-refractivity contribution in [1.82, 2.24) is 15.3 Å². The molecule has 1 aromatic carbocycles. The second kappa shape index (κ2) is 7.83. The molecule has 3 heterocycles. The molecule has 0 aliphatic heterocycles. The molecule has 0 saturated carbocycles. The number of halogens is 2. The molecule has 0 aliphatic rings. The van der Waals surface area contributed by atoms with Gasteiger partial charge in [0.25, 0.3) is 5.91 Å². The fourth-order valence-corrected chi connectivity index (χ4v) is 4.86. The van der Waals surface area contributed by atoms with Gasteiger partial charge in [0.2, 0.25) is 0 Å². The summed E-state index contributed by atoms with van der Waals surface area (Å²) in [5, 5.41) is 3.87. The van der Waals surface area contributed by atoms with E-state index < -0.39 is 6.04 Å². The lowest BCUT2D eigenvalue weighted by Gasteiger charge is -2.16. The zero-order valence-electron chi connectivity index (χ0n) is 14.6. The fourth-order valence-electron chi connectivity index (χ4n) is 3.04. The first-order chi connectivity index (χ1) is 13.6. The van der Waals surface area contributed by atoms with Gasteiger partial charge in [-0.3, -0.25) is 4.79 Å².